The van der Waals surface area contributed by atoms with E-state index in [2.05, 4.69) is 0 Å². The number of fused-ring (bicyclic) bond motifs is 1. The number of hydrogen-bond acceptors (Lipinski definition) is 5. The Morgan fingerprint density at radius 3 is 2.48 bits per heavy atom. The first-order chi connectivity index (χ1) is 11.2. The van der Waals surface area contributed by atoms with Crippen molar-refractivity contribution >= 4 is 10.9 Å². The highest BCUT2D eigenvalue weighted by Crippen LogP contribution is 2.25. The van der Waals surface area contributed by atoms with E-state index in [-0.39, 0.29) is 13.2 Å². The van der Waals surface area contributed by atoms with Crippen molar-refractivity contribution in [1.29, 1.82) is 0 Å². The molecule has 1 aromatic heterocycles. The van der Waals surface area contributed by atoms with Gasteiger partial charge in [0.1, 0.15) is 6.61 Å². The smallest absolute Gasteiger partial charge is 0.422 e. The Morgan fingerprint density at radius 2 is 1.70 bits per heavy atom. The molecule has 0 radical (unpaired) electrons. The molecule has 0 aliphatic carbocycles. The topological polar surface area (TPSA) is 70.7 Å². The van der Waals surface area contributed by atoms with E-state index in [0.717, 1.165) is 0 Å². The van der Waals surface area contributed by atoms with Gasteiger partial charge >= 0.3 is 11.4 Å². The van der Waals surface area contributed by atoms with E-state index >= 15 is 0 Å². The van der Waals surface area contributed by atoms with Gasteiger partial charge in [0.15, 0.2) is 11.5 Å². The van der Waals surface area contributed by atoms with E-state index in [0.29, 0.717) is 22.4 Å². The fourth-order valence-electron chi connectivity index (χ4n) is 2.37. The van der Waals surface area contributed by atoms with Gasteiger partial charge in [-0.1, -0.05) is 24.3 Å². The summed E-state index contributed by atoms with van der Waals surface area (Å²) in [6, 6.07) is 14.1. The molecule has 3 aromatic rings. The van der Waals surface area contributed by atoms with Crippen LogP contribution in [0.3, 0.4) is 0 Å². The summed E-state index contributed by atoms with van der Waals surface area (Å²) >= 11 is 0. The lowest BCUT2D eigenvalue weighted by molar-refractivity contribution is 0.272. The predicted octanol–water partition coefficient (Wildman–Crippen LogP) is 2.04. The third kappa shape index (κ3) is 2.96. The van der Waals surface area contributed by atoms with Crippen molar-refractivity contribution in [1.82, 2.24) is 4.57 Å². The zero-order chi connectivity index (χ0) is 16.2. The van der Waals surface area contributed by atoms with Crippen LogP contribution in [0.25, 0.3) is 10.9 Å². The van der Waals surface area contributed by atoms with Crippen LogP contribution in [0.5, 0.6) is 11.5 Å². The fourth-order valence-corrected chi connectivity index (χ4v) is 2.37. The molecule has 118 valence electrons. The van der Waals surface area contributed by atoms with Crippen LogP contribution < -0.4 is 20.9 Å². The van der Waals surface area contributed by atoms with Crippen LogP contribution in [0.4, 0.5) is 0 Å². The predicted molar refractivity (Wildman–Crippen MR) is 85.2 cm³/mol. The van der Waals surface area contributed by atoms with Gasteiger partial charge < -0.3 is 13.9 Å². The summed E-state index contributed by atoms with van der Waals surface area (Å²) in [5.41, 5.74) is -0.107. The van der Waals surface area contributed by atoms with Gasteiger partial charge in [0, 0.05) is 0 Å². The second-order valence-electron chi connectivity index (χ2n) is 4.82. The molecule has 0 saturated heterocycles. The normalized spacial score (nSPS) is 10.7. The van der Waals surface area contributed by atoms with E-state index in [1.165, 1.54) is 4.57 Å². The molecule has 0 N–H and O–H groups in total. The van der Waals surface area contributed by atoms with Crippen molar-refractivity contribution in [3.63, 3.8) is 0 Å². The van der Waals surface area contributed by atoms with Gasteiger partial charge in [-0.05, 0) is 24.3 Å². The summed E-state index contributed by atoms with van der Waals surface area (Å²) < 4.78 is 17.0. The molecule has 0 aliphatic rings. The maximum Gasteiger partial charge on any atom is 0.422 e. The molecule has 0 fully saturated rings. The second kappa shape index (κ2) is 6.39. The summed E-state index contributed by atoms with van der Waals surface area (Å²) in [5, 5.41) is 0.365. The molecule has 0 amide bonds. The number of methoxy groups -OCH3 is 1. The lowest BCUT2D eigenvalue weighted by atomic mass is 10.2. The number of ether oxygens (including phenoxy) is 2. The maximum atomic E-state index is 11.9. The first kappa shape index (κ1) is 14.9. The van der Waals surface area contributed by atoms with Crippen molar-refractivity contribution in [3.8, 4) is 11.5 Å². The average Bonchev–Trinajstić information content (AvgIpc) is 2.58. The molecule has 0 aliphatic heterocycles. The first-order valence-corrected chi connectivity index (χ1v) is 7.09. The highest BCUT2D eigenvalue weighted by molar-refractivity contribution is 5.77. The number of rotatable bonds is 5. The van der Waals surface area contributed by atoms with Crippen LogP contribution in [0, 0.1) is 0 Å². The molecular formula is C17H15NO5. The van der Waals surface area contributed by atoms with E-state index in [9.17, 15) is 9.59 Å². The Kier molecular flexibility index (Phi) is 4.14. The zero-order valence-corrected chi connectivity index (χ0v) is 12.5. The molecule has 6 nitrogen and oxygen atoms in total. The Labute approximate surface area is 131 Å². The largest absolute Gasteiger partial charge is 0.493 e. The summed E-state index contributed by atoms with van der Waals surface area (Å²) in [5.74, 6) is 0.506. The van der Waals surface area contributed by atoms with Crippen LogP contribution >= 0.6 is 0 Å². The molecule has 0 atom stereocenters. The van der Waals surface area contributed by atoms with Gasteiger partial charge in [-0.2, -0.15) is 0 Å². The minimum Gasteiger partial charge on any atom is -0.493 e. The maximum absolute atomic E-state index is 11.9. The fraction of sp³-hybridized carbons (Fsp3) is 0.176. The van der Waals surface area contributed by atoms with Gasteiger partial charge in [-0.3, -0.25) is 4.57 Å². The van der Waals surface area contributed by atoms with Crippen LogP contribution in [0.15, 0.2) is 62.5 Å². The molecule has 1 heterocycles. The second-order valence-corrected chi connectivity index (χ2v) is 4.82. The lowest BCUT2D eigenvalue weighted by Gasteiger charge is -2.12. The molecule has 6 heteroatoms. The van der Waals surface area contributed by atoms with Crippen LogP contribution in [0.2, 0.25) is 0 Å². The minimum atomic E-state index is -0.697. The Hall–Kier alpha value is -3.02. The molecule has 3 rings (SSSR count). The van der Waals surface area contributed by atoms with Gasteiger partial charge in [0.05, 0.1) is 24.6 Å². The molecule has 0 spiro atoms. The average molecular weight is 313 g/mol. The molecule has 0 saturated carbocycles. The Bertz CT molecular complexity index is 941. The van der Waals surface area contributed by atoms with E-state index in [1.807, 2.05) is 12.1 Å². The van der Waals surface area contributed by atoms with Gasteiger partial charge in [-0.15, -0.1) is 0 Å². The van der Waals surface area contributed by atoms with Crippen molar-refractivity contribution in [2.45, 2.75) is 6.54 Å². The SMILES string of the molecule is COc1ccccc1OCCn1c(=O)oc(=O)c2ccccc21. The number of hydrogen-bond donors (Lipinski definition) is 0. The summed E-state index contributed by atoms with van der Waals surface area (Å²) in [7, 11) is 1.56. The Morgan fingerprint density at radius 1 is 1.00 bits per heavy atom. The number of nitrogens with zero attached hydrogens (tertiary/aromatic N) is 1. The van der Waals surface area contributed by atoms with Crippen LogP contribution in [-0.2, 0) is 6.54 Å². The third-order valence-corrected chi connectivity index (χ3v) is 3.46. The molecule has 0 unspecified atom stereocenters. The summed E-state index contributed by atoms with van der Waals surface area (Å²) in [6.45, 7) is 0.485. The van der Waals surface area contributed by atoms with Crippen molar-refractivity contribution in [2.75, 3.05) is 13.7 Å². The van der Waals surface area contributed by atoms with Gasteiger partial charge in [0.25, 0.3) is 0 Å². The number of aromatic nitrogens is 1. The van der Waals surface area contributed by atoms with E-state index < -0.39 is 11.4 Å². The standard InChI is InChI=1S/C17H15NO5/c1-21-14-8-4-5-9-15(14)22-11-10-18-13-7-3-2-6-12(13)16(19)23-17(18)20/h2-9H,10-11H2,1H3. The number of para-hydroxylation sites is 3. The summed E-state index contributed by atoms with van der Waals surface area (Å²) in [4.78, 5) is 23.6. The lowest BCUT2D eigenvalue weighted by Crippen LogP contribution is -2.27. The molecule has 2 aromatic carbocycles. The monoisotopic (exact) mass is 313 g/mol. The number of benzene rings is 2. The van der Waals surface area contributed by atoms with Gasteiger partial charge in [0.2, 0.25) is 0 Å². The Balaban J connectivity index is 1.85. The molecule has 0 bridgehead atoms. The van der Waals surface area contributed by atoms with Crippen molar-refractivity contribution in [2.24, 2.45) is 0 Å². The molecule has 23 heavy (non-hydrogen) atoms. The first-order valence-electron chi connectivity index (χ1n) is 7.09. The van der Waals surface area contributed by atoms with Crippen molar-refractivity contribution in [3.05, 3.63) is 69.5 Å². The highest BCUT2D eigenvalue weighted by Gasteiger charge is 2.09. The van der Waals surface area contributed by atoms with Crippen molar-refractivity contribution < 1.29 is 13.9 Å². The zero-order valence-electron chi connectivity index (χ0n) is 12.5. The third-order valence-electron chi connectivity index (χ3n) is 3.46. The quantitative estimate of drug-likeness (QED) is 0.721. The van der Waals surface area contributed by atoms with Gasteiger partial charge in [-0.25, -0.2) is 9.59 Å². The van der Waals surface area contributed by atoms with E-state index in [4.69, 9.17) is 13.9 Å². The summed E-state index contributed by atoms with van der Waals surface area (Å²) in [6.07, 6.45) is 0. The van der Waals surface area contributed by atoms with Crippen LogP contribution in [-0.4, -0.2) is 18.3 Å². The van der Waals surface area contributed by atoms with Crippen LogP contribution in [0.1, 0.15) is 0 Å². The van der Waals surface area contributed by atoms with E-state index in [1.54, 1.807) is 43.5 Å². The highest BCUT2D eigenvalue weighted by atomic mass is 16.5. The minimum absolute atomic E-state index is 0.234. The molecular weight excluding hydrogens is 298 g/mol.